The van der Waals surface area contributed by atoms with Gasteiger partial charge in [-0.25, -0.2) is 4.39 Å². The Morgan fingerprint density at radius 1 is 1.03 bits per heavy atom. The molecule has 2 bridgehead atoms. The Morgan fingerprint density at radius 3 is 2.19 bits per heavy atom. The van der Waals surface area contributed by atoms with Gasteiger partial charge in [-0.3, -0.25) is 9.59 Å². The van der Waals surface area contributed by atoms with Crippen molar-refractivity contribution in [2.24, 2.45) is 28.8 Å². The van der Waals surface area contributed by atoms with Gasteiger partial charge in [-0.15, -0.1) is 0 Å². The Morgan fingerprint density at radius 2 is 1.61 bits per heavy atom. The van der Waals surface area contributed by atoms with Gasteiger partial charge in [-0.1, -0.05) is 24.3 Å². The average molecular weight is 642 g/mol. The number of nitrogens with zero attached hydrogens (tertiary/aromatic N) is 2. The number of rotatable bonds is 5. The second kappa shape index (κ2) is 8.27. The van der Waals surface area contributed by atoms with Crippen LogP contribution in [0, 0.1) is 36.6 Å². The molecule has 8 heteroatoms. The Bertz CT molecular complexity index is 1080. The molecule has 0 spiro atoms. The minimum Gasteiger partial charge on any atom is -0.487 e. The van der Waals surface area contributed by atoms with Crippen LogP contribution in [0.15, 0.2) is 53.7 Å². The second-order valence-electron chi connectivity index (χ2n) is 7.96. The smallest absolute Gasteiger partial charge is 0.254 e. The number of carbonyl (C=O) groups excluding carboxylic acids is 2. The molecule has 158 valence electrons. The third-order valence-corrected chi connectivity index (χ3v) is 7.69. The molecule has 2 aromatic carbocycles. The molecule has 1 saturated carbocycles. The number of hydrazone groups is 1. The zero-order valence-electron chi connectivity index (χ0n) is 16.2. The highest BCUT2D eigenvalue weighted by Gasteiger charge is 2.59. The number of imide groups is 1. The standard InChI is InChI=1S/C23H17FI2N2O3/c24-16-5-1-12(2-6-16)11-31-21-17(25)7-13(8-18(21)26)10-27-28-22(29)19-14-3-4-15(9-14)20(19)23(28)30/h1-8,10,14-15,19-20H,9,11H2/t14-,15-,19-,20+/m0/s1. The van der Waals surface area contributed by atoms with Crippen molar-refractivity contribution < 1.29 is 18.7 Å². The number of carbonyl (C=O) groups is 2. The van der Waals surface area contributed by atoms with Crippen LogP contribution >= 0.6 is 45.2 Å². The van der Waals surface area contributed by atoms with Gasteiger partial charge < -0.3 is 4.74 Å². The van der Waals surface area contributed by atoms with Crippen molar-refractivity contribution in [1.82, 2.24) is 5.01 Å². The molecule has 1 aliphatic heterocycles. The van der Waals surface area contributed by atoms with Gasteiger partial charge in [0.25, 0.3) is 11.8 Å². The monoisotopic (exact) mass is 642 g/mol. The lowest BCUT2D eigenvalue weighted by molar-refractivity contribution is -0.140. The number of amides is 2. The van der Waals surface area contributed by atoms with Crippen LogP contribution in [0.1, 0.15) is 17.5 Å². The van der Waals surface area contributed by atoms with Crippen molar-refractivity contribution in [3.05, 3.63) is 72.6 Å². The molecular formula is C23H17FI2N2O3. The highest BCUT2D eigenvalue weighted by atomic mass is 127. The average Bonchev–Trinajstić information content (AvgIpc) is 3.42. The maximum atomic E-state index is 13.1. The summed E-state index contributed by atoms with van der Waals surface area (Å²) in [5, 5.41) is 5.30. The molecule has 2 aromatic rings. The van der Waals surface area contributed by atoms with Gasteiger partial charge in [0.05, 0.1) is 25.2 Å². The van der Waals surface area contributed by atoms with E-state index in [1.54, 1.807) is 18.3 Å². The molecule has 2 fully saturated rings. The van der Waals surface area contributed by atoms with Gasteiger partial charge in [0.1, 0.15) is 18.2 Å². The van der Waals surface area contributed by atoms with Crippen LogP contribution in [-0.2, 0) is 16.2 Å². The Hall–Kier alpha value is -1.82. The SMILES string of the molecule is O=C1[C@@H]2[C@H](C(=O)N1N=Cc1cc(I)c(OCc3ccc(F)cc3)c(I)c1)[C@H]1C=C[C@H]2C1. The van der Waals surface area contributed by atoms with Crippen LogP contribution in [0.5, 0.6) is 5.75 Å². The van der Waals surface area contributed by atoms with Crippen LogP contribution in [0.4, 0.5) is 4.39 Å². The highest BCUT2D eigenvalue weighted by molar-refractivity contribution is 14.1. The van der Waals surface area contributed by atoms with E-state index in [9.17, 15) is 14.0 Å². The van der Waals surface area contributed by atoms with Crippen LogP contribution in [0.3, 0.4) is 0 Å². The molecule has 0 aromatic heterocycles. The summed E-state index contributed by atoms with van der Waals surface area (Å²) in [6.45, 7) is 0.329. The van der Waals surface area contributed by atoms with E-state index in [2.05, 4.69) is 62.4 Å². The molecule has 31 heavy (non-hydrogen) atoms. The van der Waals surface area contributed by atoms with Crippen LogP contribution in [-0.4, -0.2) is 23.0 Å². The minimum atomic E-state index is -0.279. The summed E-state index contributed by atoms with van der Waals surface area (Å²) in [6.07, 6.45) is 6.60. The number of ether oxygens (including phenoxy) is 1. The Kier molecular flexibility index (Phi) is 5.61. The van der Waals surface area contributed by atoms with Crippen LogP contribution in [0.25, 0.3) is 0 Å². The van der Waals surface area contributed by atoms with Crippen molar-refractivity contribution in [2.75, 3.05) is 0 Å². The number of fused-ring (bicyclic) bond motifs is 5. The summed E-state index contributed by atoms with van der Waals surface area (Å²) in [4.78, 5) is 25.5. The fourth-order valence-electron chi connectivity index (χ4n) is 4.65. The maximum absolute atomic E-state index is 13.1. The lowest BCUT2D eigenvalue weighted by Gasteiger charge is -2.13. The summed E-state index contributed by atoms with van der Waals surface area (Å²) in [5.41, 5.74) is 1.65. The number of halogens is 3. The normalized spacial score (nSPS) is 26.4. The van der Waals surface area contributed by atoms with E-state index in [-0.39, 0.29) is 41.3 Å². The summed E-state index contributed by atoms with van der Waals surface area (Å²) in [7, 11) is 0. The third kappa shape index (κ3) is 3.81. The van der Waals surface area contributed by atoms with E-state index < -0.39 is 0 Å². The first-order valence-corrected chi connectivity index (χ1v) is 12.0. The lowest BCUT2D eigenvalue weighted by atomic mass is 9.85. The first-order chi connectivity index (χ1) is 14.9. The summed E-state index contributed by atoms with van der Waals surface area (Å²) < 4.78 is 20.8. The zero-order chi connectivity index (χ0) is 21.7. The molecule has 0 N–H and O–H groups in total. The van der Waals surface area contributed by atoms with Crippen molar-refractivity contribution in [1.29, 1.82) is 0 Å². The molecule has 2 amide bonds. The second-order valence-corrected chi connectivity index (χ2v) is 10.3. The molecule has 1 heterocycles. The van der Waals surface area contributed by atoms with Gasteiger partial charge in [0.15, 0.2) is 0 Å². The highest BCUT2D eigenvalue weighted by Crippen LogP contribution is 2.52. The van der Waals surface area contributed by atoms with Crippen molar-refractivity contribution >= 4 is 63.2 Å². The van der Waals surface area contributed by atoms with Gasteiger partial charge in [-0.05, 0) is 98.8 Å². The number of hydrogen-bond acceptors (Lipinski definition) is 4. The van der Waals surface area contributed by atoms with E-state index in [4.69, 9.17) is 4.74 Å². The lowest BCUT2D eigenvalue weighted by Crippen LogP contribution is -2.28. The van der Waals surface area contributed by atoms with Crippen LogP contribution in [0.2, 0.25) is 0 Å². The molecule has 4 atom stereocenters. The van der Waals surface area contributed by atoms with Crippen LogP contribution < -0.4 is 4.74 Å². The largest absolute Gasteiger partial charge is 0.487 e. The number of benzene rings is 2. The van der Waals surface area contributed by atoms with E-state index in [1.807, 2.05) is 12.1 Å². The zero-order valence-corrected chi connectivity index (χ0v) is 20.5. The Balaban J connectivity index is 1.30. The topological polar surface area (TPSA) is 59.0 Å². The van der Waals surface area contributed by atoms with E-state index in [1.165, 1.54) is 12.1 Å². The molecule has 1 saturated heterocycles. The summed E-state index contributed by atoms with van der Waals surface area (Å²) in [6, 6.07) is 9.98. The quantitative estimate of drug-likeness (QED) is 0.205. The van der Waals surface area contributed by atoms with E-state index in [0.717, 1.165) is 35.4 Å². The third-order valence-electron chi connectivity index (χ3n) is 6.09. The first-order valence-electron chi connectivity index (χ1n) is 9.89. The van der Waals surface area contributed by atoms with E-state index >= 15 is 0 Å². The fraction of sp³-hybridized carbons (Fsp3) is 0.261. The number of allylic oxidation sites excluding steroid dienone is 2. The summed E-state index contributed by atoms with van der Waals surface area (Å²) >= 11 is 4.37. The van der Waals surface area contributed by atoms with Crippen molar-refractivity contribution in [3.63, 3.8) is 0 Å². The van der Waals surface area contributed by atoms with Gasteiger partial charge in [0.2, 0.25) is 0 Å². The number of hydrogen-bond donors (Lipinski definition) is 0. The molecule has 5 rings (SSSR count). The molecule has 2 aliphatic carbocycles. The van der Waals surface area contributed by atoms with Gasteiger partial charge >= 0.3 is 0 Å². The predicted molar refractivity (Wildman–Crippen MR) is 130 cm³/mol. The predicted octanol–water partition coefficient (Wildman–Crippen LogP) is 4.75. The first kappa shape index (κ1) is 21.0. The fourth-order valence-corrected chi connectivity index (χ4v) is 6.78. The minimum absolute atomic E-state index is 0.172. The van der Waals surface area contributed by atoms with Gasteiger partial charge in [-0.2, -0.15) is 10.1 Å². The molecule has 5 nitrogen and oxygen atoms in total. The van der Waals surface area contributed by atoms with E-state index in [0.29, 0.717) is 6.61 Å². The Labute approximate surface area is 206 Å². The maximum Gasteiger partial charge on any atom is 0.254 e. The summed E-state index contributed by atoms with van der Waals surface area (Å²) in [5.74, 6) is -0.0766. The molecule has 0 unspecified atom stereocenters. The van der Waals surface area contributed by atoms with Gasteiger partial charge in [0, 0.05) is 0 Å². The molecule has 3 aliphatic rings. The molecular weight excluding hydrogens is 625 g/mol. The van der Waals surface area contributed by atoms with Crippen molar-refractivity contribution in [3.8, 4) is 5.75 Å². The van der Waals surface area contributed by atoms with Crippen molar-refractivity contribution in [2.45, 2.75) is 13.0 Å². The molecule has 0 radical (unpaired) electrons.